The number of nitrogens with zero attached hydrogens (tertiary/aromatic N) is 2. The zero-order valence-corrected chi connectivity index (χ0v) is 12.3. The molecule has 0 amide bonds. The van der Waals surface area contributed by atoms with E-state index in [9.17, 15) is 4.79 Å². The summed E-state index contributed by atoms with van der Waals surface area (Å²) in [5.41, 5.74) is 3.47. The molecule has 20 heavy (non-hydrogen) atoms. The van der Waals surface area contributed by atoms with Gasteiger partial charge in [0.05, 0.1) is 6.54 Å². The number of aryl methyl sites for hydroxylation is 1. The minimum absolute atomic E-state index is 0.0915. The van der Waals surface area contributed by atoms with Crippen molar-refractivity contribution in [3.63, 3.8) is 0 Å². The van der Waals surface area contributed by atoms with E-state index in [1.165, 1.54) is 5.56 Å². The van der Waals surface area contributed by atoms with Gasteiger partial charge in [-0.25, -0.2) is 4.79 Å². The Morgan fingerprint density at radius 3 is 2.30 bits per heavy atom. The molecule has 0 bridgehead atoms. The Kier molecular flexibility index (Phi) is 3.66. The second-order valence-electron chi connectivity index (χ2n) is 6.08. The van der Waals surface area contributed by atoms with Crippen LogP contribution in [-0.4, -0.2) is 20.9 Å². The highest BCUT2D eigenvalue weighted by Crippen LogP contribution is 2.22. The van der Waals surface area contributed by atoms with Gasteiger partial charge in [0.2, 0.25) is 0 Å². The Balaban J connectivity index is 2.20. The Morgan fingerprint density at radius 2 is 1.85 bits per heavy atom. The van der Waals surface area contributed by atoms with Gasteiger partial charge < -0.3 is 5.11 Å². The van der Waals surface area contributed by atoms with Gasteiger partial charge in [0.15, 0.2) is 5.69 Å². The fourth-order valence-electron chi connectivity index (χ4n) is 2.06. The lowest BCUT2D eigenvalue weighted by Gasteiger charge is -2.19. The molecule has 0 fully saturated rings. The average molecular weight is 272 g/mol. The molecule has 0 saturated heterocycles. The van der Waals surface area contributed by atoms with Crippen LogP contribution in [0.2, 0.25) is 0 Å². The summed E-state index contributed by atoms with van der Waals surface area (Å²) >= 11 is 0. The molecular weight excluding hydrogens is 252 g/mol. The van der Waals surface area contributed by atoms with Crippen LogP contribution >= 0.6 is 0 Å². The first kappa shape index (κ1) is 14.3. The van der Waals surface area contributed by atoms with E-state index in [1.54, 1.807) is 10.7 Å². The number of aromatic nitrogens is 2. The zero-order valence-electron chi connectivity index (χ0n) is 12.3. The van der Waals surface area contributed by atoms with E-state index < -0.39 is 5.97 Å². The van der Waals surface area contributed by atoms with Gasteiger partial charge in [-0.2, -0.15) is 5.10 Å². The molecule has 0 saturated carbocycles. The highest BCUT2D eigenvalue weighted by Gasteiger charge is 2.14. The third kappa shape index (κ3) is 3.07. The Hall–Kier alpha value is -2.10. The van der Waals surface area contributed by atoms with Crippen molar-refractivity contribution in [3.05, 3.63) is 52.8 Å². The van der Waals surface area contributed by atoms with Crippen LogP contribution < -0.4 is 0 Å². The maximum absolute atomic E-state index is 10.9. The minimum atomic E-state index is -0.991. The average Bonchev–Trinajstić information content (AvgIpc) is 2.71. The van der Waals surface area contributed by atoms with E-state index >= 15 is 0 Å². The summed E-state index contributed by atoms with van der Waals surface area (Å²) in [6.45, 7) is 8.99. The summed E-state index contributed by atoms with van der Waals surface area (Å²) in [6, 6.07) is 9.97. The Labute approximate surface area is 119 Å². The number of hydrogen-bond donors (Lipinski definition) is 1. The number of aromatic carboxylic acids is 1. The van der Waals surface area contributed by atoms with Gasteiger partial charge >= 0.3 is 5.97 Å². The summed E-state index contributed by atoms with van der Waals surface area (Å²) in [5.74, 6) is -0.991. The Morgan fingerprint density at radius 1 is 1.25 bits per heavy atom. The lowest BCUT2D eigenvalue weighted by Crippen LogP contribution is -2.11. The van der Waals surface area contributed by atoms with Crippen LogP contribution in [0.5, 0.6) is 0 Å². The first-order valence-electron chi connectivity index (χ1n) is 6.64. The second-order valence-corrected chi connectivity index (χ2v) is 6.08. The molecule has 4 nitrogen and oxygen atoms in total. The van der Waals surface area contributed by atoms with Crippen molar-refractivity contribution in [2.45, 2.75) is 39.7 Å². The number of carboxylic acid groups (broad SMARTS) is 1. The van der Waals surface area contributed by atoms with Crippen LogP contribution in [0.4, 0.5) is 0 Å². The van der Waals surface area contributed by atoms with Crippen molar-refractivity contribution in [1.29, 1.82) is 0 Å². The highest BCUT2D eigenvalue weighted by atomic mass is 16.4. The largest absolute Gasteiger partial charge is 0.476 e. The monoisotopic (exact) mass is 272 g/mol. The predicted molar refractivity (Wildman–Crippen MR) is 78.2 cm³/mol. The number of hydrogen-bond acceptors (Lipinski definition) is 2. The van der Waals surface area contributed by atoms with Crippen LogP contribution in [0.1, 0.15) is 48.1 Å². The number of carbonyl (C=O) groups is 1. The summed E-state index contributed by atoms with van der Waals surface area (Å²) in [7, 11) is 0. The molecule has 0 aliphatic heterocycles. The molecule has 1 aromatic heterocycles. The number of carboxylic acids is 1. The Bertz CT molecular complexity index is 619. The topological polar surface area (TPSA) is 55.1 Å². The molecule has 2 aromatic rings. The highest BCUT2D eigenvalue weighted by molar-refractivity contribution is 5.85. The molecule has 0 radical (unpaired) electrons. The SMILES string of the molecule is Cc1cc(C(=O)O)nn1Cc1ccc(C(C)(C)C)cc1. The van der Waals surface area contributed by atoms with Crippen LogP contribution in [0.25, 0.3) is 0 Å². The van der Waals surface area contributed by atoms with Crippen LogP contribution in [-0.2, 0) is 12.0 Å². The molecule has 0 aliphatic carbocycles. The molecule has 0 aliphatic rings. The lowest BCUT2D eigenvalue weighted by atomic mass is 9.87. The summed E-state index contributed by atoms with van der Waals surface area (Å²) in [5, 5.41) is 13.0. The van der Waals surface area contributed by atoms with Crippen LogP contribution in [0.15, 0.2) is 30.3 Å². The van der Waals surface area contributed by atoms with Crippen LogP contribution in [0.3, 0.4) is 0 Å². The molecule has 0 spiro atoms. The summed E-state index contributed by atoms with van der Waals surface area (Å²) in [6.07, 6.45) is 0. The van der Waals surface area contributed by atoms with Crippen molar-refractivity contribution in [3.8, 4) is 0 Å². The fourth-order valence-corrected chi connectivity index (χ4v) is 2.06. The molecule has 1 aromatic carbocycles. The van der Waals surface area contributed by atoms with E-state index in [2.05, 4.69) is 50.1 Å². The normalized spacial score (nSPS) is 11.6. The van der Waals surface area contributed by atoms with Gasteiger partial charge in [-0.3, -0.25) is 4.68 Å². The van der Waals surface area contributed by atoms with E-state index in [4.69, 9.17) is 5.11 Å². The number of benzene rings is 1. The maximum atomic E-state index is 10.9. The molecule has 106 valence electrons. The first-order valence-corrected chi connectivity index (χ1v) is 6.64. The minimum Gasteiger partial charge on any atom is -0.476 e. The number of rotatable bonds is 3. The standard InChI is InChI=1S/C16H20N2O2/c1-11-9-14(15(19)20)17-18(11)10-12-5-7-13(8-6-12)16(2,3)4/h5-9H,10H2,1-4H3,(H,19,20). The van der Waals surface area contributed by atoms with Gasteiger partial charge in [0, 0.05) is 5.69 Å². The van der Waals surface area contributed by atoms with Crippen molar-refractivity contribution in [2.75, 3.05) is 0 Å². The van der Waals surface area contributed by atoms with Crippen LogP contribution in [0, 0.1) is 6.92 Å². The summed E-state index contributed by atoms with van der Waals surface area (Å²) < 4.78 is 1.72. The van der Waals surface area contributed by atoms with E-state index in [0.717, 1.165) is 11.3 Å². The molecular formula is C16H20N2O2. The van der Waals surface area contributed by atoms with Crippen molar-refractivity contribution >= 4 is 5.97 Å². The van der Waals surface area contributed by atoms with Gasteiger partial charge in [0.1, 0.15) is 0 Å². The third-order valence-electron chi connectivity index (χ3n) is 3.35. The zero-order chi connectivity index (χ0) is 14.9. The molecule has 2 rings (SSSR count). The van der Waals surface area contributed by atoms with E-state index in [1.807, 2.05) is 6.92 Å². The van der Waals surface area contributed by atoms with Gasteiger partial charge in [-0.15, -0.1) is 0 Å². The van der Waals surface area contributed by atoms with Crippen molar-refractivity contribution in [2.24, 2.45) is 0 Å². The van der Waals surface area contributed by atoms with Gasteiger partial charge in [0.25, 0.3) is 0 Å². The van der Waals surface area contributed by atoms with E-state index in [0.29, 0.717) is 6.54 Å². The van der Waals surface area contributed by atoms with Gasteiger partial charge in [-0.05, 0) is 29.5 Å². The van der Waals surface area contributed by atoms with Crippen molar-refractivity contribution < 1.29 is 9.90 Å². The molecule has 1 heterocycles. The quantitative estimate of drug-likeness (QED) is 0.933. The molecule has 0 atom stereocenters. The van der Waals surface area contributed by atoms with Gasteiger partial charge in [-0.1, -0.05) is 45.0 Å². The fraction of sp³-hybridized carbons (Fsp3) is 0.375. The van der Waals surface area contributed by atoms with Crippen molar-refractivity contribution in [1.82, 2.24) is 9.78 Å². The molecule has 0 unspecified atom stereocenters. The smallest absolute Gasteiger partial charge is 0.356 e. The van der Waals surface area contributed by atoms with E-state index in [-0.39, 0.29) is 11.1 Å². The maximum Gasteiger partial charge on any atom is 0.356 e. The summed E-state index contributed by atoms with van der Waals surface area (Å²) in [4.78, 5) is 10.9. The molecule has 4 heteroatoms. The third-order valence-corrected chi connectivity index (χ3v) is 3.35. The molecule has 1 N–H and O–H groups in total. The predicted octanol–water partition coefficient (Wildman–Crippen LogP) is 3.24. The second kappa shape index (κ2) is 5.12. The lowest BCUT2D eigenvalue weighted by molar-refractivity contribution is 0.0689. The first-order chi connectivity index (χ1) is 9.27.